The van der Waals surface area contributed by atoms with Gasteiger partial charge >= 0.3 is 5.97 Å². The molecule has 0 fully saturated rings. The summed E-state index contributed by atoms with van der Waals surface area (Å²) in [6, 6.07) is 0. The van der Waals surface area contributed by atoms with Crippen molar-refractivity contribution in [3.63, 3.8) is 0 Å². The van der Waals surface area contributed by atoms with Crippen LogP contribution in [0.1, 0.15) is 46.0 Å². The molecule has 0 aliphatic carbocycles. The third-order valence-electron chi connectivity index (χ3n) is 2.28. The molecule has 0 aromatic carbocycles. The fourth-order valence-corrected chi connectivity index (χ4v) is 1.14. The summed E-state index contributed by atoms with van der Waals surface area (Å²) < 4.78 is 0. The second kappa shape index (κ2) is 7.84. The maximum Gasteiger partial charge on any atom is 0.327 e. The second-order valence-corrected chi connectivity index (χ2v) is 3.54. The molecule has 2 heteroatoms. The van der Waals surface area contributed by atoms with Crippen LogP contribution in [-0.2, 0) is 4.79 Å². The van der Waals surface area contributed by atoms with E-state index in [1.807, 2.05) is 0 Å². The Hall–Kier alpha value is -0.790. The average Bonchev–Trinajstić information content (AvgIpc) is 2.10. The van der Waals surface area contributed by atoms with Crippen molar-refractivity contribution in [3.8, 4) is 0 Å². The molecule has 0 amide bonds. The number of carboxylic acids is 1. The van der Waals surface area contributed by atoms with Gasteiger partial charge in [-0.1, -0.05) is 39.2 Å². The summed E-state index contributed by atoms with van der Waals surface area (Å²) in [5, 5.41) is 8.31. The van der Waals surface area contributed by atoms with Gasteiger partial charge in [0.1, 0.15) is 0 Å². The molecule has 0 saturated carbocycles. The number of allylic oxidation sites excluding steroid dienone is 1. The molecule has 0 heterocycles. The van der Waals surface area contributed by atoms with Crippen LogP contribution in [0.2, 0.25) is 0 Å². The van der Waals surface area contributed by atoms with Crippen molar-refractivity contribution in [2.45, 2.75) is 46.0 Å². The summed E-state index contributed by atoms with van der Waals surface area (Å²) in [6.07, 6.45) is 8.67. The van der Waals surface area contributed by atoms with Crippen LogP contribution in [0.5, 0.6) is 0 Å². The monoisotopic (exact) mass is 184 g/mol. The number of carboxylic acid groups (broad SMARTS) is 1. The smallest absolute Gasteiger partial charge is 0.327 e. The number of unbranched alkanes of at least 4 members (excludes halogenated alkanes) is 2. The van der Waals surface area contributed by atoms with Gasteiger partial charge in [-0.2, -0.15) is 0 Å². The summed E-state index contributed by atoms with van der Waals surface area (Å²) in [5.74, 6) is -0.0367. The van der Waals surface area contributed by atoms with Gasteiger partial charge < -0.3 is 5.11 Å². The van der Waals surface area contributed by atoms with E-state index >= 15 is 0 Å². The van der Waals surface area contributed by atoms with Gasteiger partial charge in [0.2, 0.25) is 0 Å². The summed E-state index contributed by atoms with van der Waals surface area (Å²) >= 11 is 0. The van der Waals surface area contributed by atoms with Gasteiger partial charge in [0.05, 0.1) is 0 Å². The van der Waals surface area contributed by atoms with Crippen molar-refractivity contribution < 1.29 is 9.90 Å². The first-order chi connectivity index (χ1) is 6.16. The average molecular weight is 184 g/mol. The predicted octanol–water partition coefficient (Wildman–Crippen LogP) is 3.23. The standard InChI is InChI=1S/C11H20O2/c1-3-10(2)8-6-4-5-7-9-11(12)13/h7,9-10H,3-6,8H2,1-2H3,(H,12,13)/b9-7+/t10-/m0/s1. The van der Waals surface area contributed by atoms with E-state index in [0.29, 0.717) is 0 Å². The topological polar surface area (TPSA) is 37.3 Å². The van der Waals surface area contributed by atoms with Crippen LogP contribution in [-0.4, -0.2) is 11.1 Å². The van der Waals surface area contributed by atoms with Crippen molar-refractivity contribution in [2.24, 2.45) is 5.92 Å². The van der Waals surface area contributed by atoms with Crippen LogP contribution in [0.3, 0.4) is 0 Å². The van der Waals surface area contributed by atoms with E-state index in [4.69, 9.17) is 5.11 Å². The minimum atomic E-state index is -0.845. The van der Waals surface area contributed by atoms with E-state index in [0.717, 1.165) is 18.8 Å². The molecule has 0 aliphatic heterocycles. The van der Waals surface area contributed by atoms with Crippen LogP contribution in [0.25, 0.3) is 0 Å². The molecule has 76 valence electrons. The minimum Gasteiger partial charge on any atom is -0.478 e. The molecule has 13 heavy (non-hydrogen) atoms. The van der Waals surface area contributed by atoms with Crippen LogP contribution in [0.4, 0.5) is 0 Å². The van der Waals surface area contributed by atoms with Crippen LogP contribution >= 0.6 is 0 Å². The van der Waals surface area contributed by atoms with Gasteiger partial charge in [0, 0.05) is 6.08 Å². The number of aliphatic carboxylic acids is 1. The van der Waals surface area contributed by atoms with Gasteiger partial charge in [-0.15, -0.1) is 0 Å². The molecule has 0 spiro atoms. The van der Waals surface area contributed by atoms with E-state index in [9.17, 15) is 4.79 Å². The molecule has 0 rings (SSSR count). The molecule has 0 unspecified atom stereocenters. The summed E-state index contributed by atoms with van der Waals surface area (Å²) in [6.45, 7) is 4.46. The Morgan fingerprint density at radius 1 is 1.46 bits per heavy atom. The lowest BCUT2D eigenvalue weighted by Gasteiger charge is -2.05. The predicted molar refractivity (Wildman–Crippen MR) is 54.7 cm³/mol. The number of hydrogen-bond donors (Lipinski definition) is 1. The Kier molecular flexibility index (Phi) is 7.36. The van der Waals surface area contributed by atoms with Crippen molar-refractivity contribution in [2.75, 3.05) is 0 Å². The van der Waals surface area contributed by atoms with Gasteiger partial charge in [-0.3, -0.25) is 0 Å². The molecule has 1 N–H and O–H groups in total. The summed E-state index contributed by atoms with van der Waals surface area (Å²) in [5.41, 5.74) is 0. The molecular weight excluding hydrogens is 164 g/mol. The Labute approximate surface area is 80.7 Å². The Bertz CT molecular complexity index is 161. The molecular formula is C11H20O2. The van der Waals surface area contributed by atoms with E-state index in [-0.39, 0.29) is 0 Å². The molecule has 0 radical (unpaired) electrons. The van der Waals surface area contributed by atoms with E-state index in [2.05, 4.69) is 13.8 Å². The first-order valence-corrected chi connectivity index (χ1v) is 5.06. The number of hydrogen-bond acceptors (Lipinski definition) is 1. The zero-order chi connectivity index (χ0) is 10.1. The van der Waals surface area contributed by atoms with Crippen LogP contribution < -0.4 is 0 Å². The van der Waals surface area contributed by atoms with Crippen molar-refractivity contribution in [1.29, 1.82) is 0 Å². The number of carbonyl (C=O) groups is 1. The fraction of sp³-hybridized carbons (Fsp3) is 0.727. The van der Waals surface area contributed by atoms with Crippen LogP contribution in [0.15, 0.2) is 12.2 Å². The molecule has 0 saturated heterocycles. The maximum absolute atomic E-state index is 10.1. The lowest BCUT2D eigenvalue weighted by Crippen LogP contribution is -1.91. The third kappa shape index (κ3) is 9.12. The normalized spacial score (nSPS) is 13.4. The largest absolute Gasteiger partial charge is 0.478 e. The quantitative estimate of drug-likeness (QED) is 0.487. The third-order valence-corrected chi connectivity index (χ3v) is 2.28. The Morgan fingerprint density at radius 2 is 2.15 bits per heavy atom. The molecule has 0 aromatic heterocycles. The van der Waals surface area contributed by atoms with Gasteiger partial charge in [0.15, 0.2) is 0 Å². The Morgan fingerprint density at radius 3 is 2.69 bits per heavy atom. The van der Waals surface area contributed by atoms with E-state index in [1.54, 1.807) is 6.08 Å². The minimum absolute atomic E-state index is 0.809. The molecule has 1 atom stereocenters. The molecule has 0 bridgehead atoms. The highest BCUT2D eigenvalue weighted by atomic mass is 16.4. The highest BCUT2D eigenvalue weighted by Gasteiger charge is 1.96. The molecule has 2 nitrogen and oxygen atoms in total. The number of rotatable bonds is 7. The second-order valence-electron chi connectivity index (χ2n) is 3.54. The van der Waals surface area contributed by atoms with Crippen LogP contribution in [0, 0.1) is 5.92 Å². The lowest BCUT2D eigenvalue weighted by molar-refractivity contribution is -0.131. The van der Waals surface area contributed by atoms with Gasteiger partial charge in [-0.05, 0) is 18.8 Å². The zero-order valence-electron chi connectivity index (χ0n) is 8.62. The van der Waals surface area contributed by atoms with Gasteiger partial charge in [0.25, 0.3) is 0 Å². The highest BCUT2D eigenvalue weighted by Crippen LogP contribution is 2.12. The van der Waals surface area contributed by atoms with Crippen molar-refractivity contribution in [1.82, 2.24) is 0 Å². The first-order valence-electron chi connectivity index (χ1n) is 5.06. The highest BCUT2D eigenvalue weighted by molar-refractivity contribution is 5.79. The first kappa shape index (κ1) is 12.2. The SMILES string of the molecule is CC[C@H](C)CCCC/C=C/C(=O)O. The van der Waals surface area contributed by atoms with E-state index in [1.165, 1.54) is 25.3 Å². The maximum atomic E-state index is 10.1. The lowest BCUT2D eigenvalue weighted by atomic mass is 10.0. The fourth-order valence-electron chi connectivity index (χ4n) is 1.14. The van der Waals surface area contributed by atoms with E-state index < -0.39 is 5.97 Å². The summed E-state index contributed by atoms with van der Waals surface area (Å²) in [4.78, 5) is 10.1. The Balaban J connectivity index is 3.21. The zero-order valence-corrected chi connectivity index (χ0v) is 8.62. The van der Waals surface area contributed by atoms with Crippen molar-refractivity contribution in [3.05, 3.63) is 12.2 Å². The molecule has 0 aliphatic rings. The summed E-state index contributed by atoms with van der Waals surface area (Å²) in [7, 11) is 0. The van der Waals surface area contributed by atoms with Crippen molar-refractivity contribution >= 4 is 5.97 Å². The van der Waals surface area contributed by atoms with Gasteiger partial charge in [-0.25, -0.2) is 4.79 Å². The molecule has 0 aromatic rings.